The van der Waals surface area contributed by atoms with Crippen molar-refractivity contribution in [2.45, 2.75) is 33.2 Å². The molecule has 0 amide bonds. The number of fused-ring (bicyclic) bond motifs is 1. The summed E-state index contributed by atoms with van der Waals surface area (Å²) in [7, 11) is 0. The van der Waals surface area contributed by atoms with E-state index in [0.717, 1.165) is 48.7 Å². The molecule has 0 bridgehead atoms. The van der Waals surface area contributed by atoms with Gasteiger partial charge in [0.1, 0.15) is 5.69 Å². The normalized spacial score (nSPS) is 14.2. The van der Waals surface area contributed by atoms with Crippen molar-refractivity contribution in [2.24, 2.45) is 0 Å². The Bertz CT molecular complexity index is 590. The standard InChI is InChI=1S/C15H18N4/c1-3-12-11-9-16-8-6-13(11)19-15(18-12)14-10(2)5-4-7-17-14/h4-5,7,16H,3,6,8-9H2,1-2H3. The molecule has 2 aromatic heterocycles. The largest absolute Gasteiger partial charge is 0.312 e. The van der Waals surface area contributed by atoms with Crippen LogP contribution in [0.15, 0.2) is 18.3 Å². The maximum atomic E-state index is 4.74. The van der Waals surface area contributed by atoms with Crippen LogP contribution in [0.5, 0.6) is 0 Å². The zero-order valence-electron chi connectivity index (χ0n) is 11.4. The molecular formula is C15H18N4. The first kappa shape index (κ1) is 12.2. The van der Waals surface area contributed by atoms with E-state index < -0.39 is 0 Å². The van der Waals surface area contributed by atoms with Gasteiger partial charge in [-0.15, -0.1) is 0 Å². The zero-order valence-corrected chi connectivity index (χ0v) is 11.4. The monoisotopic (exact) mass is 254 g/mol. The maximum Gasteiger partial charge on any atom is 0.178 e. The van der Waals surface area contributed by atoms with Crippen LogP contribution in [0.2, 0.25) is 0 Å². The van der Waals surface area contributed by atoms with E-state index in [-0.39, 0.29) is 0 Å². The topological polar surface area (TPSA) is 50.7 Å². The summed E-state index contributed by atoms with van der Waals surface area (Å²) in [6, 6.07) is 4.00. The molecule has 0 saturated heterocycles. The molecule has 0 radical (unpaired) electrons. The van der Waals surface area contributed by atoms with Crippen molar-refractivity contribution >= 4 is 0 Å². The Morgan fingerprint density at radius 2 is 2.21 bits per heavy atom. The number of pyridine rings is 1. The molecule has 0 aromatic carbocycles. The van der Waals surface area contributed by atoms with Crippen LogP contribution in [0, 0.1) is 6.92 Å². The van der Waals surface area contributed by atoms with E-state index in [2.05, 4.69) is 30.2 Å². The minimum absolute atomic E-state index is 0.774. The average Bonchev–Trinajstić information content (AvgIpc) is 2.46. The molecule has 0 spiro atoms. The summed E-state index contributed by atoms with van der Waals surface area (Å²) in [6.45, 7) is 6.08. The quantitative estimate of drug-likeness (QED) is 0.891. The highest BCUT2D eigenvalue weighted by atomic mass is 15.0. The van der Waals surface area contributed by atoms with Crippen LogP contribution in [-0.2, 0) is 19.4 Å². The molecule has 3 heterocycles. The highest BCUT2D eigenvalue weighted by molar-refractivity contribution is 5.55. The predicted molar refractivity (Wildman–Crippen MR) is 74.8 cm³/mol. The van der Waals surface area contributed by atoms with E-state index in [4.69, 9.17) is 9.97 Å². The zero-order chi connectivity index (χ0) is 13.2. The number of aryl methyl sites for hydroxylation is 2. The molecular weight excluding hydrogens is 236 g/mol. The van der Waals surface area contributed by atoms with Crippen molar-refractivity contribution in [3.63, 3.8) is 0 Å². The van der Waals surface area contributed by atoms with Gasteiger partial charge in [-0.05, 0) is 25.0 Å². The first-order valence-corrected chi connectivity index (χ1v) is 6.81. The van der Waals surface area contributed by atoms with Gasteiger partial charge in [0.2, 0.25) is 0 Å². The van der Waals surface area contributed by atoms with Gasteiger partial charge in [-0.25, -0.2) is 9.97 Å². The Kier molecular flexibility index (Phi) is 3.25. The van der Waals surface area contributed by atoms with Crippen molar-refractivity contribution in [1.82, 2.24) is 20.3 Å². The molecule has 2 aromatic rings. The van der Waals surface area contributed by atoms with E-state index in [1.54, 1.807) is 6.20 Å². The van der Waals surface area contributed by atoms with Gasteiger partial charge >= 0.3 is 0 Å². The van der Waals surface area contributed by atoms with Gasteiger partial charge in [0.05, 0.1) is 5.69 Å². The van der Waals surface area contributed by atoms with Crippen LogP contribution in [-0.4, -0.2) is 21.5 Å². The lowest BCUT2D eigenvalue weighted by atomic mass is 10.0. The predicted octanol–water partition coefficient (Wildman–Crippen LogP) is 2.06. The molecule has 0 saturated carbocycles. The molecule has 0 atom stereocenters. The van der Waals surface area contributed by atoms with Crippen LogP contribution < -0.4 is 5.32 Å². The number of rotatable bonds is 2. The van der Waals surface area contributed by atoms with Gasteiger partial charge in [-0.2, -0.15) is 0 Å². The lowest BCUT2D eigenvalue weighted by Crippen LogP contribution is -2.26. The van der Waals surface area contributed by atoms with Crippen molar-refractivity contribution in [2.75, 3.05) is 6.54 Å². The van der Waals surface area contributed by atoms with E-state index in [9.17, 15) is 0 Å². The molecule has 0 fully saturated rings. The molecule has 98 valence electrons. The smallest absolute Gasteiger partial charge is 0.178 e. The second kappa shape index (κ2) is 5.05. The van der Waals surface area contributed by atoms with Crippen molar-refractivity contribution in [3.05, 3.63) is 40.8 Å². The molecule has 0 aliphatic carbocycles. The molecule has 19 heavy (non-hydrogen) atoms. The number of hydrogen-bond acceptors (Lipinski definition) is 4. The van der Waals surface area contributed by atoms with Gasteiger partial charge in [-0.1, -0.05) is 13.0 Å². The third kappa shape index (κ3) is 2.24. The fourth-order valence-corrected chi connectivity index (χ4v) is 2.53. The summed E-state index contributed by atoms with van der Waals surface area (Å²) in [5, 5.41) is 3.39. The molecule has 1 aliphatic rings. The summed E-state index contributed by atoms with van der Waals surface area (Å²) in [5.41, 5.74) is 5.64. The van der Waals surface area contributed by atoms with Gasteiger partial charge in [0, 0.05) is 37.0 Å². The summed E-state index contributed by atoms with van der Waals surface area (Å²) in [6.07, 6.45) is 3.72. The number of hydrogen-bond donors (Lipinski definition) is 1. The Hall–Kier alpha value is -1.81. The second-order valence-corrected chi connectivity index (χ2v) is 4.87. The van der Waals surface area contributed by atoms with Crippen LogP contribution in [0.4, 0.5) is 0 Å². The van der Waals surface area contributed by atoms with Crippen LogP contribution in [0.3, 0.4) is 0 Å². The summed E-state index contributed by atoms with van der Waals surface area (Å²) in [4.78, 5) is 13.9. The lowest BCUT2D eigenvalue weighted by molar-refractivity contribution is 0.618. The average molecular weight is 254 g/mol. The molecule has 1 aliphatic heterocycles. The second-order valence-electron chi connectivity index (χ2n) is 4.87. The Labute approximate surface area is 113 Å². The number of nitrogens with one attached hydrogen (secondary N) is 1. The molecule has 4 heteroatoms. The third-order valence-corrected chi connectivity index (χ3v) is 3.57. The third-order valence-electron chi connectivity index (χ3n) is 3.57. The van der Waals surface area contributed by atoms with Gasteiger partial charge in [-0.3, -0.25) is 4.98 Å². The van der Waals surface area contributed by atoms with E-state index in [1.165, 1.54) is 11.3 Å². The van der Waals surface area contributed by atoms with Crippen LogP contribution in [0.25, 0.3) is 11.5 Å². The molecule has 3 rings (SSSR count). The molecule has 4 nitrogen and oxygen atoms in total. The van der Waals surface area contributed by atoms with Crippen molar-refractivity contribution in [3.8, 4) is 11.5 Å². The minimum Gasteiger partial charge on any atom is -0.312 e. The maximum absolute atomic E-state index is 4.74. The Balaban J connectivity index is 2.15. The first-order valence-electron chi connectivity index (χ1n) is 6.81. The van der Waals surface area contributed by atoms with Crippen LogP contribution >= 0.6 is 0 Å². The number of nitrogens with zero attached hydrogens (tertiary/aromatic N) is 3. The van der Waals surface area contributed by atoms with E-state index >= 15 is 0 Å². The minimum atomic E-state index is 0.774. The summed E-state index contributed by atoms with van der Waals surface area (Å²) < 4.78 is 0. The van der Waals surface area contributed by atoms with Gasteiger partial charge < -0.3 is 5.32 Å². The Morgan fingerprint density at radius 3 is 3.00 bits per heavy atom. The van der Waals surface area contributed by atoms with Crippen molar-refractivity contribution < 1.29 is 0 Å². The highest BCUT2D eigenvalue weighted by Crippen LogP contribution is 2.22. The summed E-state index contributed by atoms with van der Waals surface area (Å²) >= 11 is 0. The number of aromatic nitrogens is 3. The SMILES string of the molecule is CCc1nc(-c2ncccc2C)nc2c1CNCC2. The lowest BCUT2D eigenvalue weighted by Gasteiger charge is -2.19. The fraction of sp³-hybridized carbons (Fsp3) is 0.400. The Morgan fingerprint density at radius 1 is 1.32 bits per heavy atom. The van der Waals surface area contributed by atoms with Crippen LogP contribution in [0.1, 0.15) is 29.4 Å². The van der Waals surface area contributed by atoms with E-state index in [1.807, 2.05) is 6.07 Å². The molecule has 1 N–H and O–H groups in total. The first-order chi connectivity index (χ1) is 9.29. The van der Waals surface area contributed by atoms with Gasteiger partial charge in [0.15, 0.2) is 5.82 Å². The summed E-state index contributed by atoms with van der Waals surface area (Å²) in [5.74, 6) is 0.774. The van der Waals surface area contributed by atoms with Gasteiger partial charge in [0.25, 0.3) is 0 Å². The highest BCUT2D eigenvalue weighted by Gasteiger charge is 2.18. The molecule has 0 unspecified atom stereocenters. The van der Waals surface area contributed by atoms with Crippen molar-refractivity contribution in [1.29, 1.82) is 0 Å². The van der Waals surface area contributed by atoms with E-state index in [0.29, 0.717) is 0 Å². The fourth-order valence-electron chi connectivity index (χ4n) is 2.53.